The minimum absolute atomic E-state index is 0.336. The van der Waals surface area contributed by atoms with Gasteiger partial charge in [0.25, 0.3) is 0 Å². The highest BCUT2D eigenvalue weighted by atomic mass is 31.1. The number of hydrogen-bond acceptors (Lipinski definition) is 4. The second kappa shape index (κ2) is 8.11. The van der Waals surface area contributed by atoms with E-state index >= 15 is 0 Å². The lowest BCUT2D eigenvalue weighted by Gasteiger charge is -2.07. The SMILES string of the molecule is Cc1cccc(C)c1C(=O)[P+](=O)OC(C)OCc1ccccc1. The Morgan fingerprint density at radius 1 is 1.04 bits per heavy atom. The first-order valence-corrected chi connectivity index (χ1v) is 8.57. The zero-order valence-electron chi connectivity index (χ0n) is 13.5. The third kappa shape index (κ3) is 4.80. The lowest BCUT2D eigenvalue weighted by atomic mass is 10.0. The van der Waals surface area contributed by atoms with Crippen molar-refractivity contribution in [2.24, 2.45) is 0 Å². The molecule has 2 rings (SSSR count). The number of benzene rings is 2. The third-order valence-corrected chi connectivity index (χ3v) is 4.48. The van der Waals surface area contributed by atoms with Crippen LogP contribution in [0.15, 0.2) is 48.5 Å². The van der Waals surface area contributed by atoms with Crippen LogP contribution in [0.5, 0.6) is 0 Å². The van der Waals surface area contributed by atoms with Crippen LogP contribution in [-0.2, 0) is 20.4 Å². The molecule has 0 saturated carbocycles. The van der Waals surface area contributed by atoms with E-state index in [0.717, 1.165) is 16.7 Å². The van der Waals surface area contributed by atoms with Gasteiger partial charge in [-0.3, -0.25) is 0 Å². The number of rotatable bonds is 7. The van der Waals surface area contributed by atoms with Gasteiger partial charge in [0.05, 0.1) is 12.2 Å². The molecule has 0 bridgehead atoms. The summed E-state index contributed by atoms with van der Waals surface area (Å²) in [7, 11) is -2.48. The van der Waals surface area contributed by atoms with Crippen LogP contribution in [0.25, 0.3) is 0 Å². The molecule has 4 nitrogen and oxygen atoms in total. The minimum atomic E-state index is -2.48. The predicted molar refractivity (Wildman–Crippen MR) is 89.6 cm³/mol. The number of aryl methyl sites for hydroxylation is 2. The van der Waals surface area contributed by atoms with Gasteiger partial charge < -0.3 is 4.74 Å². The second-order valence-corrected chi connectivity index (χ2v) is 6.43. The lowest BCUT2D eigenvalue weighted by Crippen LogP contribution is -2.11. The van der Waals surface area contributed by atoms with Crippen molar-refractivity contribution in [1.29, 1.82) is 0 Å². The summed E-state index contributed by atoms with van der Waals surface area (Å²) in [5.74, 6) is 0. The molecule has 0 radical (unpaired) electrons. The van der Waals surface area contributed by atoms with Gasteiger partial charge in [-0.25, -0.2) is 4.79 Å². The van der Waals surface area contributed by atoms with Gasteiger partial charge in [0.15, 0.2) is 0 Å². The molecule has 0 heterocycles. The first-order chi connectivity index (χ1) is 11.0. The summed E-state index contributed by atoms with van der Waals surface area (Å²) in [4.78, 5) is 12.3. The summed E-state index contributed by atoms with van der Waals surface area (Å²) in [6.07, 6.45) is -0.730. The van der Waals surface area contributed by atoms with Crippen LogP contribution in [0, 0.1) is 13.8 Å². The van der Waals surface area contributed by atoms with Gasteiger partial charge in [0, 0.05) is 0 Å². The van der Waals surface area contributed by atoms with E-state index in [0.29, 0.717) is 12.2 Å². The highest BCUT2D eigenvalue weighted by molar-refractivity contribution is 7.60. The first-order valence-electron chi connectivity index (χ1n) is 7.39. The lowest BCUT2D eigenvalue weighted by molar-refractivity contribution is -0.0711. The van der Waals surface area contributed by atoms with Gasteiger partial charge in [-0.15, -0.1) is 4.52 Å². The molecule has 0 aromatic heterocycles. The van der Waals surface area contributed by atoms with Crippen molar-refractivity contribution in [3.05, 3.63) is 70.8 Å². The Morgan fingerprint density at radius 2 is 1.65 bits per heavy atom. The fourth-order valence-electron chi connectivity index (χ4n) is 2.24. The first kappa shape index (κ1) is 17.5. The molecule has 0 aliphatic heterocycles. The van der Waals surface area contributed by atoms with Gasteiger partial charge in [-0.05, 0) is 42.0 Å². The zero-order chi connectivity index (χ0) is 16.8. The van der Waals surface area contributed by atoms with E-state index in [-0.39, 0.29) is 0 Å². The summed E-state index contributed by atoms with van der Waals surface area (Å²) in [5.41, 5.74) is 2.54. The average Bonchev–Trinajstić information content (AvgIpc) is 2.53. The van der Waals surface area contributed by atoms with Crippen LogP contribution in [0.1, 0.15) is 34.0 Å². The fourth-order valence-corrected chi connectivity index (χ4v) is 3.21. The van der Waals surface area contributed by atoms with Gasteiger partial charge in [-0.1, -0.05) is 48.5 Å². The summed E-state index contributed by atoms with van der Waals surface area (Å²) in [6, 6.07) is 15.1. The molecule has 0 N–H and O–H groups in total. The predicted octanol–water partition coefficient (Wildman–Crippen LogP) is 4.77. The largest absolute Gasteiger partial charge is 0.595 e. The van der Waals surface area contributed by atoms with Crippen LogP contribution in [0.3, 0.4) is 0 Å². The maximum absolute atomic E-state index is 12.3. The number of carbonyl (C=O) groups is 1. The van der Waals surface area contributed by atoms with Gasteiger partial charge in [-0.2, -0.15) is 0 Å². The summed E-state index contributed by atoms with van der Waals surface area (Å²) >= 11 is 0. The molecule has 23 heavy (non-hydrogen) atoms. The highest BCUT2D eigenvalue weighted by Gasteiger charge is 2.37. The highest BCUT2D eigenvalue weighted by Crippen LogP contribution is 2.33. The standard InChI is InChI=1S/C18H20O4P/c1-13-8-7-9-14(2)17(13)18(19)23(20)22-15(3)21-12-16-10-5-4-6-11-16/h4-11,15H,12H2,1-3H3/q+1. The topological polar surface area (TPSA) is 52.6 Å². The Bertz CT molecular complexity index is 677. The smallest absolute Gasteiger partial charge is 0.344 e. The Hall–Kier alpha value is -1.87. The molecule has 0 saturated heterocycles. The molecule has 2 aromatic carbocycles. The molecule has 120 valence electrons. The van der Waals surface area contributed by atoms with Gasteiger partial charge >= 0.3 is 13.6 Å². The zero-order valence-corrected chi connectivity index (χ0v) is 14.4. The van der Waals surface area contributed by atoms with Crippen molar-refractivity contribution in [2.45, 2.75) is 33.7 Å². The van der Waals surface area contributed by atoms with E-state index in [1.165, 1.54) is 0 Å². The maximum Gasteiger partial charge on any atom is 0.595 e. The van der Waals surface area contributed by atoms with Crippen LogP contribution in [0.2, 0.25) is 0 Å². The van der Waals surface area contributed by atoms with Crippen molar-refractivity contribution in [1.82, 2.24) is 0 Å². The average molecular weight is 331 g/mol. The van der Waals surface area contributed by atoms with Crippen LogP contribution in [0.4, 0.5) is 0 Å². The Morgan fingerprint density at radius 3 is 2.26 bits per heavy atom. The Labute approximate surface area is 137 Å². The van der Waals surface area contributed by atoms with Crippen molar-refractivity contribution < 1.29 is 18.6 Å². The minimum Gasteiger partial charge on any atom is -0.344 e. The number of carbonyl (C=O) groups excluding carboxylic acids is 1. The van der Waals surface area contributed by atoms with E-state index in [4.69, 9.17) is 9.26 Å². The quantitative estimate of drug-likeness (QED) is 0.542. The third-order valence-electron chi connectivity index (χ3n) is 3.43. The van der Waals surface area contributed by atoms with E-state index in [9.17, 15) is 9.36 Å². The van der Waals surface area contributed by atoms with Crippen LogP contribution >= 0.6 is 8.03 Å². The normalized spacial score (nSPS) is 12.7. The van der Waals surface area contributed by atoms with Gasteiger partial charge in [0.1, 0.15) is 0 Å². The fraction of sp³-hybridized carbons (Fsp3) is 0.278. The molecule has 0 aliphatic carbocycles. The Balaban J connectivity index is 1.94. The van der Waals surface area contributed by atoms with Crippen molar-refractivity contribution in [2.75, 3.05) is 0 Å². The monoisotopic (exact) mass is 331 g/mol. The van der Waals surface area contributed by atoms with Crippen molar-refractivity contribution in [3.8, 4) is 0 Å². The molecular formula is C18H20O4P+. The van der Waals surface area contributed by atoms with E-state index < -0.39 is 19.8 Å². The van der Waals surface area contributed by atoms with Crippen LogP contribution < -0.4 is 0 Å². The summed E-state index contributed by atoms with van der Waals surface area (Å²) in [6.45, 7) is 5.61. The van der Waals surface area contributed by atoms with Crippen molar-refractivity contribution >= 4 is 13.6 Å². The molecule has 0 spiro atoms. The van der Waals surface area contributed by atoms with E-state index in [1.54, 1.807) is 6.92 Å². The van der Waals surface area contributed by atoms with E-state index in [2.05, 4.69) is 0 Å². The molecule has 2 atom stereocenters. The number of ether oxygens (including phenoxy) is 1. The second-order valence-electron chi connectivity index (χ2n) is 5.30. The van der Waals surface area contributed by atoms with Crippen molar-refractivity contribution in [3.63, 3.8) is 0 Å². The van der Waals surface area contributed by atoms with E-state index in [1.807, 2.05) is 62.4 Å². The summed E-state index contributed by atoms with van der Waals surface area (Å²) in [5, 5.41) is 0. The molecule has 0 amide bonds. The molecule has 2 aromatic rings. The molecule has 2 unspecified atom stereocenters. The molecule has 0 fully saturated rings. The molecule has 0 aliphatic rings. The maximum atomic E-state index is 12.3. The summed E-state index contributed by atoms with van der Waals surface area (Å²) < 4.78 is 22.9. The van der Waals surface area contributed by atoms with Crippen LogP contribution in [-0.4, -0.2) is 11.8 Å². The Kier molecular flexibility index (Phi) is 6.17. The number of hydrogen-bond donors (Lipinski definition) is 0. The molecular weight excluding hydrogens is 311 g/mol. The molecule has 5 heteroatoms. The van der Waals surface area contributed by atoms with Gasteiger partial charge in [0.2, 0.25) is 6.29 Å².